The van der Waals surface area contributed by atoms with Crippen LogP contribution in [0.3, 0.4) is 0 Å². The van der Waals surface area contributed by atoms with Gasteiger partial charge in [-0.2, -0.15) is 0 Å². The molecule has 148 valence electrons. The number of piperazine rings is 1. The summed E-state index contributed by atoms with van der Waals surface area (Å²) in [5.74, 6) is 0.126. The second kappa shape index (κ2) is 8.62. The molecule has 3 nitrogen and oxygen atoms in total. The molecule has 0 radical (unpaired) electrons. The molecule has 4 rings (SSSR count). The maximum Gasteiger partial charge on any atom is 0.254 e. The van der Waals surface area contributed by atoms with E-state index < -0.39 is 0 Å². The fourth-order valence-electron chi connectivity index (χ4n) is 4.08. The zero-order valence-corrected chi connectivity index (χ0v) is 17.2. The van der Waals surface area contributed by atoms with Crippen molar-refractivity contribution in [3.63, 3.8) is 0 Å². The van der Waals surface area contributed by atoms with Crippen molar-refractivity contribution in [1.82, 2.24) is 10.2 Å². The largest absolute Gasteiger partial charge is 0.333 e. The topological polar surface area (TPSA) is 32.3 Å². The van der Waals surface area contributed by atoms with Crippen LogP contribution in [0, 0.1) is 13.8 Å². The smallest absolute Gasteiger partial charge is 0.254 e. The first-order chi connectivity index (χ1) is 14.1. The van der Waals surface area contributed by atoms with E-state index in [-0.39, 0.29) is 11.9 Å². The lowest BCUT2D eigenvalue weighted by Crippen LogP contribution is -2.54. The molecule has 0 bridgehead atoms. The Balaban J connectivity index is 1.65. The van der Waals surface area contributed by atoms with Gasteiger partial charge in [-0.3, -0.25) is 4.79 Å². The minimum absolute atomic E-state index is 0.126. The highest BCUT2D eigenvalue weighted by molar-refractivity contribution is 6.01. The van der Waals surface area contributed by atoms with Gasteiger partial charge < -0.3 is 10.2 Å². The normalized spacial score (nSPS) is 16.6. The first-order valence-electron chi connectivity index (χ1n) is 10.4. The predicted octanol–water partition coefficient (Wildman–Crippen LogP) is 4.63. The van der Waals surface area contributed by atoms with Gasteiger partial charge in [0.15, 0.2) is 0 Å². The molecule has 3 heteroatoms. The highest BCUT2D eigenvalue weighted by Crippen LogP contribution is 2.27. The molecule has 1 saturated heterocycles. The number of carbonyl (C=O) groups is 1. The van der Waals surface area contributed by atoms with Crippen LogP contribution < -0.4 is 5.32 Å². The van der Waals surface area contributed by atoms with Crippen LogP contribution in [0.1, 0.15) is 27.0 Å². The standard InChI is InChI=1S/C26H28N2O/c1-19-12-13-22(16-20(19)2)24-10-6-7-11-25(24)26(29)28-15-14-27-18-23(28)17-21-8-4-3-5-9-21/h3-13,16,23,27H,14-15,17-18H2,1-2H3/t23-/m1/s1. The zero-order valence-electron chi connectivity index (χ0n) is 17.2. The lowest BCUT2D eigenvalue weighted by Gasteiger charge is -2.37. The van der Waals surface area contributed by atoms with Gasteiger partial charge in [-0.15, -0.1) is 0 Å². The van der Waals surface area contributed by atoms with E-state index in [1.54, 1.807) is 0 Å². The molecule has 1 aliphatic rings. The maximum atomic E-state index is 13.6. The van der Waals surface area contributed by atoms with Crippen LogP contribution in [0.25, 0.3) is 11.1 Å². The van der Waals surface area contributed by atoms with Gasteiger partial charge in [-0.05, 0) is 54.2 Å². The van der Waals surface area contributed by atoms with E-state index in [9.17, 15) is 4.79 Å². The summed E-state index contributed by atoms with van der Waals surface area (Å²) in [4.78, 5) is 15.7. The number of nitrogens with zero attached hydrogens (tertiary/aromatic N) is 1. The van der Waals surface area contributed by atoms with Crippen molar-refractivity contribution in [2.75, 3.05) is 19.6 Å². The summed E-state index contributed by atoms with van der Waals surface area (Å²) in [6, 6.07) is 25.0. The summed E-state index contributed by atoms with van der Waals surface area (Å²) in [7, 11) is 0. The second-order valence-corrected chi connectivity index (χ2v) is 7.89. The third kappa shape index (κ3) is 4.25. The number of amides is 1. The molecular formula is C26H28N2O. The van der Waals surface area contributed by atoms with E-state index in [0.717, 1.165) is 42.7 Å². The van der Waals surface area contributed by atoms with Gasteiger partial charge in [-0.1, -0.05) is 66.7 Å². The highest BCUT2D eigenvalue weighted by Gasteiger charge is 2.28. The molecule has 1 atom stereocenters. The molecule has 0 unspecified atom stereocenters. The van der Waals surface area contributed by atoms with Gasteiger partial charge in [0, 0.05) is 31.2 Å². The van der Waals surface area contributed by atoms with Gasteiger partial charge in [0.25, 0.3) is 5.91 Å². The lowest BCUT2D eigenvalue weighted by atomic mass is 9.95. The van der Waals surface area contributed by atoms with E-state index in [1.165, 1.54) is 16.7 Å². The number of aryl methyl sites for hydroxylation is 2. The minimum atomic E-state index is 0.126. The lowest BCUT2D eigenvalue weighted by molar-refractivity contribution is 0.0637. The molecule has 1 N–H and O–H groups in total. The molecule has 1 fully saturated rings. The van der Waals surface area contributed by atoms with Crippen LogP contribution in [0.4, 0.5) is 0 Å². The number of rotatable bonds is 4. The molecule has 0 aromatic heterocycles. The molecule has 0 aliphatic carbocycles. The van der Waals surface area contributed by atoms with Crippen molar-refractivity contribution in [1.29, 1.82) is 0 Å². The summed E-state index contributed by atoms with van der Waals surface area (Å²) < 4.78 is 0. The number of nitrogens with one attached hydrogen (secondary N) is 1. The summed E-state index contributed by atoms with van der Waals surface area (Å²) in [6.45, 7) is 6.63. The summed E-state index contributed by atoms with van der Waals surface area (Å²) in [6.07, 6.45) is 0.866. The monoisotopic (exact) mass is 384 g/mol. The molecule has 3 aromatic rings. The Hall–Kier alpha value is -2.91. The van der Waals surface area contributed by atoms with Gasteiger partial charge in [0.2, 0.25) is 0 Å². The molecule has 0 spiro atoms. The van der Waals surface area contributed by atoms with Crippen molar-refractivity contribution < 1.29 is 4.79 Å². The molecular weight excluding hydrogens is 356 g/mol. The van der Waals surface area contributed by atoms with E-state index in [4.69, 9.17) is 0 Å². The fourth-order valence-corrected chi connectivity index (χ4v) is 4.08. The Morgan fingerprint density at radius 3 is 2.52 bits per heavy atom. The summed E-state index contributed by atoms with van der Waals surface area (Å²) >= 11 is 0. The van der Waals surface area contributed by atoms with Gasteiger partial charge >= 0.3 is 0 Å². The Morgan fingerprint density at radius 2 is 1.72 bits per heavy atom. The van der Waals surface area contributed by atoms with Crippen LogP contribution in [0.2, 0.25) is 0 Å². The first-order valence-corrected chi connectivity index (χ1v) is 10.4. The van der Waals surface area contributed by atoms with Crippen molar-refractivity contribution in [3.05, 3.63) is 95.1 Å². The molecule has 1 heterocycles. The Kier molecular flexibility index (Phi) is 5.77. The number of carbonyl (C=O) groups excluding carboxylic acids is 1. The zero-order chi connectivity index (χ0) is 20.2. The third-order valence-electron chi connectivity index (χ3n) is 5.90. The second-order valence-electron chi connectivity index (χ2n) is 7.89. The van der Waals surface area contributed by atoms with E-state index >= 15 is 0 Å². The molecule has 1 amide bonds. The van der Waals surface area contributed by atoms with Crippen LogP contribution in [-0.2, 0) is 6.42 Å². The van der Waals surface area contributed by atoms with Crippen LogP contribution in [-0.4, -0.2) is 36.5 Å². The Labute approximate surface area is 173 Å². The Morgan fingerprint density at radius 1 is 0.966 bits per heavy atom. The van der Waals surface area contributed by atoms with E-state index in [0.29, 0.717) is 0 Å². The van der Waals surface area contributed by atoms with Gasteiger partial charge in [0.1, 0.15) is 0 Å². The molecule has 3 aromatic carbocycles. The summed E-state index contributed by atoms with van der Waals surface area (Å²) in [5.41, 5.74) is 6.68. The first kappa shape index (κ1) is 19.4. The van der Waals surface area contributed by atoms with Crippen molar-refractivity contribution in [3.8, 4) is 11.1 Å². The SMILES string of the molecule is Cc1ccc(-c2ccccc2C(=O)N2CCNC[C@H]2Cc2ccccc2)cc1C. The van der Waals surface area contributed by atoms with Gasteiger partial charge in [0.05, 0.1) is 0 Å². The van der Waals surface area contributed by atoms with Crippen molar-refractivity contribution in [2.24, 2.45) is 0 Å². The number of hydrogen-bond donors (Lipinski definition) is 1. The molecule has 0 saturated carbocycles. The number of benzene rings is 3. The third-order valence-corrected chi connectivity index (χ3v) is 5.90. The number of hydrogen-bond acceptors (Lipinski definition) is 2. The summed E-state index contributed by atoms with van der Waals surface area (Å²) in [5, 5.41) is 3.46. The molecule has 29 heavy (non-hydrogen) atoms. The predicted molar refractivity (Wildman–Crippen MR) is 119 cm³/mol. The van der Waals surface area contributed by atoms with Crippen LogP contribution in [0.5, 0.6) is 0 Å². The van der Waals surface area contributed by atoms with Crippen LogP contribution in [0.15, 0.2) is 72.8 Å². The average molecular weight is 385 g/mol. The fraction of sp³-hybridized carbons (Fsp3) is 0.269. The quantitative estimate of drug-likeness (QED) is 0.711. The molecule has 1 aliphatic heterocycles. The average Bonchev–Trinajstić information content (AvgIpc) is 2.76. The maximum absolute atomic E-state index is 13.6. The van der Waals surface area contributed by atoms with E-state index in [1.807, 2.05) is 24.3 Å². The Bertz CT molecular complexity index is 997. The van der Waals surface area contributed by atoms with E-state index in [2.05, 4.69) is 72.6 Å². The van der Waals surface area contributed by atoms with Crippen molar-refractivity contribution in [2.45, 2.75) is 26.3 Å². The van der Waals surface area contributed by atoms with Gasteiger partial charge in [-0.25, -0.2) is 0 Å². The minimum Gasteiger partial charge on any atom is -0.333 e. The highest BCUT2D eigenvalue weighted by atomic mass is 16.2. The van der Waals surface area contributed by atoms with Crippen LogP contribution >= 0.6 is 0 Å². The van der Waals surface area contributed by atoms with Crippen molar-refractivity contribution >= 4 is 5.91 Å².